The van der Waals surface area contributed by atoms with Gasteiger partial charge in [-0.3, -0.25) is 0 Å². The van der Waals surface area contributed by atoms with Crippen LogP contribution >= 0.6 is 0 Å². The van der Waals surface area contributed by atoms with E-state index >= 15 is 0 Å². The van der Waals surface area contributed by atoms with E-state index in [2.05, 4.69) is 27.5 Å². The van der Waals surface area contributed by atoms with Crippen molar-refractivity contribution < 1.29 is 4.74 Å². The fourth-order valence-electron chi connectivity index (χ4n) is 2.01. The van der Waals surface area contributed by atoms with E-state index in [4.69, 9.17) is 4.74 Å². The SMILES string of the molecule is COCCNCc1ccccc1-n1nc(C)nc1C. The lowest BCUT2D eigenvalue weighted by Crippen LogP contribution is -2.19. The zero-order valence-electron chi connectivity index (χ0n) is 11.7. The van der Waals surface area contributed by atoms with E-state index in [0.717, 1.165) is 30.4 Å². The van der Waals surface area contributed by atoms with Crippen LogP contribution in [0.3, 0.4) is 0 Å². The van der Waals surface area contributed by atoms with Crippen molar-refractivity contribution in [2.45, 2.75) is 20.4 Å². The van der Waals surface area contributed by atoms with E-state index in [1.165, 1.54) is 5.56 Å². The maximum absolute atomic E-state index is 5.03. The predicted molar refractivity (Wildman–Crippen MR) is 74.4 cm³/mol. The molecule has 5 heteroatoms. The van der Waals surface area contributed by atoms with Gasteiger partial charge in [0.25, 0.3) is 0 Å². The lowest BCUT2D eigenvalue weighted by atomic mass is 10.1. The fourth-order valence-corrected chi connectivity index (χ4v) is 2.01. The van der Waals surface area contributed by atoms with Crippen molar-refractivity contribution in [3.8, 4) is 5.69 Å². The number of rotatable bonds is 6. The topological polar surface area (TPSA) is 52.0 Å². The minimum atomic E-state index is 0.712. The molecule has 1 N–H and O–H groups in total. The number of ether oxygens (including phenoxy) is 1. The molecule has 1 aromatic carbocycles. The first-order chi connectivity index (χ1) is 9.22. The molecule has 0 radical (unpaired) electrons. The van der Waals surface area contributed by atoms with Crippen LogP contribution in [0.5, 0.6) is 0 Å². The number of hydrogen-bond acceptors (Lipinski definition) is 4. The molecule has 0 atom stereocenters. The van der Waals surface area contributed by atoms with Crippen molar-refractivity contribution in [3.63, 3.8) is 0 Å². The summed E-state index contributed by atoms with van der Waals surface area (Å²) in [5, 5.41) is 7.79. The summed E-state index contributed by atoms with van der Waals surface area (Å²) in [4.78, 5) is 4.35. The average Bonchev–Trinajstić information content (AvgIpc) is 2.74. The largest absolute Gasteiger partial charge is 0.383 e. The Labute approximate surface area is 113 Å². The Kier molecular flexibility index (Phi) is 4.65. The molecule has 0 fully saturated rings. The number of hydrogen-bond donors (Lipinski definition) is 1. The van der Waals surface area contributed by atoms with Crippen molar-refractivity contribution in [2.75, 3.05) is 20.3 Å². The zero-order chi connectivity index (χ0) is 13.7. The second kappa shape index (κ2) is 6.45. The van der Waals surface area contributed by atoms with Gasteiger partial charge in [-0.1, -0.05) is 18.2 Å². The highest BCUT2D eigenvalue weighted by Gasteiger charge is 2.08. The van der Waals surface area contributed by atoms with E-state index < -0.39 is 0 Å². The van der Waals surface area contributed by atoms with Gasteiger partial charge in [0.05, 0.1) is 12.3 Å². The van der Waals surface area contributed by atoms with Gasteiger partial charge in [0.15, 0.2) is 0 Å². The zero-order valence-corrected chi connectivity index (χ0v) is 11.7. The molecule has 0 bridgehead atoms. The summed E-state index contributed by atoms with van der Waals surface area (Å²) < 4.78 is 6.92. The maximum Gasteiger partial charge on any atom is 0.148 e. The van der Waals surface area contributed by atoms with Crippen molar-refractivity contribution >= 4 is 0 Å². The van der Waals surface area contributed by atoms with E-state index in [9.17, 15) is 0 Å². The highest BCUT2D eigenvalue weighted by atomic mass is 16.5. The molecule has 2 aromatic rings. The van der Waals surface area contributed by atoms with Gasteiger partial charge in [-0.2, -0.15) is 5.10 Å². The van der Waals surface area contributed by atoms with E-state index in [0.29, 0.717) is 6.61 Å². The van der Waals surface area contributed by atoms with Crippen molar-refractivity contribution in [2.24, 2.45) is 0 Å². The first kappa shape index (κ1) is 13.7. The molecule has 0 unspecified atom stereocenters. The number of aryl methyl sites for hydroxylation is 2. The average molecular weight is 260 g/mol. The summed E-state index contributed by atoms with van der Waals surface area (Å²) in [6.07, 6.45) is 0. The van der Waals surface area contributed by atoms with Crippen molar-refractivity contribution in [1.29, 1.82) is 0 Å². The van der Waals surface area contributed by atoms with Crippen LogP contribution in [0.4, 0.5) is 0 Å². The third-order valence-electron chi connectivity index (χ3n) is 2.89. The molecular formula is C14H20N4O. The molecule has 0 saturated heterocycles. The first-order valence-corrected chi connectivity index (χ1v) is 6.40. The summed E-state index contributed by atoms with van der Waals surface area (Å²) in [6, 6.07) is 8.22. The highest BCUT2D eigenvalue weighted by molar-refractivity contribution is 5.40. The third-order valence-corrected chi connectivity index (χ3v) is 2.89. The Morgan fingerprint density at radius 1 is 1.26 bits per heavy atom. The van der Waals surface area contributed by atoms with Gasteiger partial charge >= 0.3 is 0 Å². The number of nitrogens with one attached hydrogen (secondary N) is 1. The smallest absolute Gasteiger partial charge is 0.148 e. The normalized spacial score (nSPS) is 10.9. The summed E-state index contributed by atoms with van der Waals surface area (Å²) >= 11 is 0. The molecule has 0 amide bonds. The summed E-state index contributed by atoms with van der Waals surface area (Å²) in [5.74, 6) is 1.70. The number of aromatic nitrogens is 3. The van der Waals surface area contributed by atoms with Gasteiger partial charge in [-0.15, -0.1) is 0 Å². The fraction of sp³-hybridized carbons (Fsp3) is 0.429. The summed E-state index contributed by atoms with van der Waals surface area (Å²) in [5.41, 5.74) is 2.28. The van der Waals surface area contributed by atoms with Gasteiger partial charge in [-0.05, 0) is 25.5 Å². The lowest BCUT2D eigenvalue weighted by molar-refractivity contribution is 0.199. The van der Waals surface area contributed by atoms with E-state index in [1.54, 1.807) is 7.11 Å². The molecule has 0 aliphatic carbocycles. The van der Waals surface area contributed by atoms with Crippen LogP contribution < -0.4 is 5.32 Å². The number of para-hydroxylation sites is 1. The molecule has 5 nitrogen and oxygen atoms in total. The third kappa shape index (κ3) is 3.39. The summed E-state index contributed by atoms with van der Waals surface area (Å²) in [7, 11) is 1.71. The Balaban J connectivity index is 2.19. The maximum atomic E-state index is 5.03. The summed E-state index contributed by atoms with van der Waals surface area (Å²) in [6.45, 7) is 6.21. The molecule has 19 heavy (non-hydrogen) atoms. The standard InChI is InChI=1S/C14H20N4O/c1-11-16-12(2)18(17-11)14-7-5-4-6-13(14)10-15-8-9-19-3/h4-7,15H,8-10H2,1-3H3. The quantitative estimate of drug-likeness (QED) is 0.802. The minimum absolute atomic E-state index is 0.712. The van der Waals surface area contributed by atoms with Crippen LogP contribution in [0.2, 0.25) is 0 Å². The van der Waals surface area contributed by atoms with Crippen molar-refractivity contribution in [1.82, 2.24) is 20.1 Å². The van der Waals surface area contributed by atoms with Gasteiger partial charge < -0.3 is 10.1 Å². The Bertz CT molecular complexity index is 536. The molecule has 1 heterocycles. The Hall–Kier alpha value is -1.72. The number of benzene rings is 1. The Morgan fingerprint density at radius 3 is 2.74 bits per heavy atom. The molecular weight excluding hydrogens is 240 g/mol. The number of methoxy groups -OCH3 is 1. The molecule has 2 rings (SSSR count). The molecule has 0 aliphatic heterocycles. The van der Waals surface area contributed by atoms with Gasteiger partial charge in [-0.25, -0.2) is 9.67 Å². The molecule has 1 aromatic heterocycles. The second-order valence-electron chi connectivity index (χ2n) is 4.42. The van der Waals surface area contributed by atoms with Gasteiger partial charge in [0, 0.05) is 20.2 Å². The van der Waals surface area contributed by atoms with E-state index in [1.807, 2.05) is 30.7 Å². The molecule has 0 saturated carbocycles. The van der Waals surface area contributed by atoms with Crippen LogP contribution in [0.25, 0.3) is 5.69 Å². The number of nitrogens with zero attached hydrogens (tertiary/aromatic N) is 3. The highest BCUT2D eigenvalue weighted by Crippen LogP contribution is 2.15. The molecule has 0 spiro atoms. The van der Waals surface area contributed by atoms with Crippen LogP contribution in [-0.2, 0) is 11.3 Å². The Morgan fingerprint density at radius 2 is 2.05 bits per heavy atom. The van der Waals surface area contributed by atoms with Crippen LogP contribution in [0.15, 0.2) is 24.3 Å². The van der Waals surface area contributed by atoms with E-state index in [-0.39, 0.29) is 0 Å². The van der Waals surface area contributed by atoms with Gasteiger partial charge in [0.1, 0.15) is 11.6 Å². The predicted octanol–water partition coefficient (Wildman–Crippen LogP) is 1.62. The molecule has 102 valence electrons. The second-order valence-corrected chi connectivity index (χ2v) is 4.42. The minimum Gasteiger partial charge on any atom is -0.383 e. The first-order valence-electron chi connectivity index (χ1n) is 6.40. The van der Waals surface area contributed by atoms with Crippen LogP contribution in [0.1, 0.15) is 17.2 Å². The van der Waals surface area contributed by atoms with Gasteiger partial charge in [0.2, 0.25) is 0 Å². The molecule has 0 aliphatic rings. The van der Waals surface area contributed by atoms with Crippen molar-refractivity contribution in [3.05, 3.63) is 41.5 Å². The van der Waals surface area contributed by atoms with Crippen LogP contribution in [-0.4, -0.2) is 35.0 Å². The lowest BCUT2D eigenvalue weighted by Gasteiger charge is -2.11. The monoisotopic (exact) mass is 260 g/mol. The van der Waals surface area contributed by atoms with Crippen LogP contribution in [0, 0.1) is 13.8 Å².